The Morgan fingerprint density at radius 1 is 1.04 bits per heavy atom. The monoisotopic (exact) mass is 384 g/mol. The van der Waals surface area contributed by atoms with Crippen molar-refractivity contribution in [2.75, 3.05) is 39.4 Å². The molecule has 0 saturated carbocycles. The fraction of sp³-hybridized carbons (Fsp3) is 0.650. The molecule has 6 heteroatoms. The van der Waals surface area contributed by atoms with Crippen molar-refractivity contribution in [3.05, 3.63) is 23.8 Å². The van der Waals surface area contributed by atoms with Gasteiger partial charge in [-0.05, 0) is 44.0 Å². The Hall–Kier alpha value is -1.46. The molecule has 0 radical (unpaired) electrons. The van der Waals surface area contributed by atoms with E-state index in [9.17, 15) is 4.79 Å². The van der Waals surface area contributed by atoms with Crippen LogP contribution in [0.25, 0.3) is 0 Å². The van der Waals surface area contributed by atoms with Gasteiger partial charge in [0, 0.05) is 25.2 Å². The maximum Gasteiger partial charge on any atom is 0.254 e. The van der Waals surface area contributed by atoms with Crippen LogP contribution in [0.3, 0.4) is 0 Å². The van der Waals surface area contributed by atoms with Crippen LogP contribution in [-0.2, 0) is 0 Å². The number of rotatable bonds is 9. The first kappa shape index (κ1) is 22.6. The lowest BCUT2D eigenvalue weighted by Crippen LogP contribution is -2.34. The van der Waals surface area contributed by atoms with Crippen LogP contribution in [0.2, 0.25) is 0 Å². The number of benzene rings is 1. The Morgan fingerprint density at radius 3 is 2.42 bits per heavy atom. The number of nitrogens with zero attached hydrogens (tertiary/aromatic N) is 1. The molecule has 1 fully saturated rings. The largest absolute Gasteiger partial charge is 0.490 e. The van der Waals surface area contributed by atoms with Gasteiger partial charge in [-0.2, -0.15) is 0 Å². The van der Waals surface area contributed by atoms with Crippen LogP contribution in [-0.4, -0.2) is 50.2 Å². The van der Waals surface area contributed by atoms with Crippen molar-refractivity contribution < 1.29 is 14.3 Å². The van der Waals surface area contributed by atoms with Crippen molar-refractivity contribution in [1.29, 1.82) is 0 Å². The first-order valence-corrected chi connectivity index (χ1v) is 9.66. The Morgan fingerprint density at radius 2 is 1.73 bits per heavy atom. The second kappa shape index (κ2) is 12.8. The third-order valence-electron chi connectivity index (χ3n) is 4.33. The summed E-state index contributed by atoms with van der Waals surface area (Å²) in [5.74, 6) is 1.49. The van der Waals surface area contributed by atoms with Gasteiger partial charge in [-0.25, -0.2) is 0 Å². The van der Waals surface area contributed by atoms with Crippen molar-refractivity contribution in [3.8, 4) is 11.5 Å². The Kier molecular flexibility index (Phi) is 11.1. The summed E-state index contributed by atoms with van der Waals surface area (Å²) in [6.45, 7) is 8.96. The highest BCUT2D eigenvalue weighted by molar-refractivity contribution is 5.95. The van der Waals surface area contributed by atoms with E-state index in [2.05, 4.69) is 19.2 Å². The van der Waals surface area contributed by atoms with E-state index in [0.29, 0.717) is 24.5 Å². The Balaban J connectivity index is 0.00000338. The molecule has 0 atom stereocenters. The average molecular weight is 385 g/mol. The molecule has 1 aromatic rings. The minimum absolute atomic E-state index is 0. The summed E-state index contributed by atoms with van der Waals surface area (Å²) in [7, 11) is 0. The first-order chi connectivity index (χ1) is 12.3. The molecule has 0 aliphatic carbocycles. The van der Waals surface area contributed by atoms with Crippen molar-refractivity contribution >= 4 is 18.3 Å². The van der Waals surface area contributed by atoms with Gasteiger partial charge in [0.1, 0.15) is 0 Å². The van der Waals surface area contributed by atoms with Crippen molar-refractivity contribution in [2.45, 2.75) is 46.0 Å². The normalized spacial score (nSPS) is 14.3. The number of carbonyl (C=O) groups is 1. The minimum atomic E-state index is 0. The predicted octanol–water partition coefficient (Wildman–Crippen LogP) is 3.90. The van der Waals surface area contributed by atoms with Crippen LogP contribution in [0.15, 0.2) is 18.2 Å². The first-order valence-electron chi connectivity index (χ1n) is 9.66. The standard InChI is InChI=1S/C20H32N2O3.ClH/c1-3-5-14-24-18-9-8-17(16-19(18)25-15-6-4-2)20(23)22-12-7-10-21-11-13-22;/h8-9,16,21H,3-7,10-15H2,1-2H3;1H. The molecule has 0 spiro atoms. The van der Waals surface area contributed by atoms with E-state index in [0.717, 1.165) is 64.0 Å². The van der Waals surface area contributed by atoms with Crippen LogP contribution in [0, 0.1) is 0 Å². The molecular formula is C20H33ClN2O3. The summed E-state index contributed by atoms with van der Waals surface area (Å²) in [6, 6.07) is 5.58. The lowest BCUT2D eigenvalue weighted by atomic mass is 10.1. The topological polar surface area (TPSA) is 50.8 Å². The van der Waals surface area contributed by atoms with Gasteiger partial charge in [-0.3, -0.25) is 4.79 Å². The molecule has 26 heavy (non-hydrogen) atoms. The fourth-order valence-electron chi connectivity index (χ4n) is 2.76. The van der Waals surface area contributed by atoms with Gasteiger partial charge in [0.2, 0.25) is 0 Å². The van der Waals surface area contributed by atoms with E-state index in [1.807, 2.05) is 23.1 Å². The Labute approximate surface area is 163 Å². The number of halogens is 1. The summed E-state index contributed by atoms with van der Waals surface area (Å²) in [6.07, 6.45) is 5.15. The molecule has 1 aromatic carbocycles. The lowest BCUT2D eigenvalue weighted by molar-refractivity contribution is 0.0765. The van der Waals surface area contributed by atoms with Crippen LogP contribution < -0.4 is 14.8 Å². The van der Waals surface area contributed by atoms with Gasteiger partial charge in [-0.1, -0.05) is 26.7 Å². The van der Waals surface area contributed by atoms with Crippen molar-refractivity contribution in [1.82, 2.24) is 10.2 Å². The van der Waals surface area contributed by atoms with Crippen LogP contribution >= 0.6 is 12.4 Å². The Bertz CT molecular complexity index is 532. The second-order valence-corrected chi connectivity index (χ2v) is 6.46. The van der Waals surface area contributed by atoms with Gasteiger partial charge < -0.3 is 19.7 Å². The second-order valence-electron chi connectivity index (χ2n) is 6.46. The summed E-state index contributed by atoms with van der Waals surface area (Å²) >= 11 is 0. The molecular weight excluding hydrogens is 352 g/mol. The maximum absolute atomic E-state index is 12.8. The molecule has 148 valence electrons. The number of hydrogen-bond acceptors (Lipinski definition) is 4. The van der Waals surface area contributed by atoms with Gasteiger partial charge >= 0.3 is 0 Å². The van der Waals surface area contributed by atoms with E-state index < -0.39 is 0 Å². The molecule has 5 nitrogen and oxygen atoms in total. The molecule has 1 saturated heterocycles. The van der Waals surface area contributed by atoms with Crippen molar-refractivity contribution in [2.24, 2.45) is 0 Å². The number of carbonyl (C=O) groups excluding carboxylic acids is 1. The van der Waals surface area contributed by atoms with Crippen LogP contribution in [0.5, 0.6) is 11.5 Å². The molecule has 0 aromatic heterocycles. The van der Waals surface area contributed by atoms with Crippen LogP contribution in [0.4, 0.5) is 0 Å². The molecule has 0 bridgehead atoms. The fourth-order valence-corrected chi connectivity index (χ4v) is 2.76. The molecule has 0 unspecified atom stereocenters. The highest BCUT2D eigenvalue weighted by atomic mass is 35.5. The zero-order chi connectivity index (χ0) is 17.9. The van der Waals surface area contributed by atoms with E-state index in [1.54, 1.807) is 0 Å². The molecule has 2 rings (SSSR count). The van der Waals surface area contributed by atoms with Gasteiger partial charge in [0.25, 0.3) is 5.91 Å². The highest BCUT2D eigenvalue weighted by Crippen LogP contribution is 2.29. The molecule has 1 aliphatic rings. The molecule has 1 N–H and O–H groups in total. The third-order valence-corrected chi connectivity index (χ3v) is 4.33. The number of amides is 1. The number of ether oxygens (including phenoxy) is 2. The number of unbranched alkanes of at least 4 members (excludes halogenated alkanes) is 2. The zero-order valence-electron chi connectivity index (χ0n) is 16.1. The lowest BCUT2D eigenvalue weighted by Gasteiger charge is -2.21. The SMILES string of the molecule is CCCCOc1ccc(C(=O)N2CCCNCC2)cc1OCCCC.Cl. The molecule has 1 heterocycles. The van der Waals surface area contributed by atoms with E-state index in [4.69, 9.17) is 9.47 Å². The van der Waals surface area contributed by atoms with Crippen LogP contribution in [0.1, 0.15) is 56.3 Å². The van der Waals surface area contributed by atoms with Gasteiger partial charge in [0.15, 0.2) is 11.5 Å². The average Bonchev–Trinajstić information content (AvgIpc) is 2.92. The summed E-state index contributed by atoms with van der Waals surface area (Å²) < 4.78 is 11.8. The summed E-state index contributed by atoms with van der Waals surface area (Å²) in [5, 5.41) is 3.33. The smallest absolute Gasteiger partial charge is 0.254 e. The maximum atomic E-state index is 12.8. The quantitative estimate of drug-likeness (QED) is 0.656. The minimum Gasteiger partial charge on any atom is -0.490 e. The summed E-state index contributed by atoms with van der Waals surface area (Å²) in [5.41, 5.74) is 0.677. The predicted molar refractivity (Wildman–Crippen MR) is 108 cm³/mol. The number of hydrogen-bond donors (Lipinski definition) is 1. The third kappa shape index (κ3) is 7.04. The molecule has 1 aliphatic heterocycles. The highest BCUT2D eigenvalue weighted by Gasteiger charge is 2.19. The summed E-state index contributed by atoms with van der Waals surface area (Å²) in [4.78, 5) is 14.7. The number of nitrogens with one attached hydrogen (secondary N) is 1. The van der Waals surface area contributed by atoms with Crippen molar-refractivity contribution in [3.63, 3.8) is 0 Å². The van der Waals surface area contributed by atoms with Gasteiger partial charge in [-0.15, -0.1) is 12.4 Å². The zero-order valence-corrected chi connectivity index (χ0v) is 16.9. The van der Waals surface area contributed by atoms with Gasteiger partial charge in [0.05, 0.1) is 13.2 Å². The van der Waals surface area contributed by atoms with E-state index in [1.165, 1.54) is 0 Å². The van der Waals surface area contributed by atoms with E-state index >= 15 is 0 Å². The van der Waals surface area contributed by atoms with E-state index in [-0.39, 0.29) is 18.3 Å². The molecule has 1 amide bonds.